The van der Waals surface area contributed by atoms with Crippen molar-refractivity contribution < 1.29 is 9.53 Å². The average molecular weight is 270 g/mol. The number of ether oxygens (including phenoxy) is 1. The maximum absolute atomic E-state index is 10.4. The van der Waals surface area contributed by atoms with Gasteiger partial charge in [0.05, 0.1) is 11.9 Å². The number of hydrogen-bond donors (Lipinski definition) is 2. The minimum Gasteiger partial charge on any atom is -0.487 e. The molecule has 1 heterocycles. The summed E-state index contributed by atoms with van der Waals surface area (Å²) in [5.74, 6) is 0.732. The van der Waals surface area contributed by atoms with Crippen molar-refractivity contribution in [2.24, 2.45) is 10.8 Å². The van der Waals surface area contributed by atoms with Gasteiger partial charge in [0.25, 0.3) is 0 Å². The van der Waals surface area contributed by atoms with Crippen LogP contribution in [0, 0.1) is 0 Å². The second-order valence-corrected chi connectivity index (χ2v) is 3.91. The van der Waals surface area contributed by atoms with Crippen molar-refractivity contribution in [1.82, 2.24) is 10.4 Å². The molecule has 0 aliphatic carbocycles. The highest BCUT2D eigenvalue weighted by molar-refractivity contribution is 5.81. The molecule has 0 aliphatic heterocycles. The summed E-state index contributed by atoms with van der Waals surface area (Å²) >= 11 is 0. The Labute approximate surface area is 116 Å². The molecule has 0 saturated heterocycles. The molecule has 0 saturated carbocycles. The van der Waals surface area contributed by atoms with Gasteiger partial charge in [-0.05, 0) is 42.0 Å². The number of hydrazone groups is 1. The molecular formula is C14H14N4O2. The van der Waals surface area contributed by atoms with Gasteiger partial charge in [-0.3, -0.25) is 4.98 Å². The third-order valence-corrected chi connectivity index (χ3v) is 2.38. The van der Waals surface area contributed by atoms with E-state index in [1.165, 1.54) is 6.21 Å². The molecule has 6 heteroatoms. The van der Waals surface area contributed by atoms with Crippen molar-refractivity contribution in [2.45, 2.75) is 6.61 Å². The molecule has 0 fully saturated rings. The maximum Gasteiger partial charge on any atom is 0.332 e. The first-order chi connectivity index (χ1) is 9.74. The van der Waals surface area contributed by atoms with Gasteiger partial charge in [0.1, 0.15) is 12.4 Å². The highest BCUT2D eigenvalue weighted by atomic mass is 16.5. The van der Waals surface area contributed by atoms with Crippen molar-refractivity contribution in [2.75, 3.05) is 0 Å². The lowest BCUT2D eigenvalue weighted by atomic mass is 10.2. The zero-order valence-corrected chi connectivity index (χ0v) is 10.7. The number of urea groups is 1. The molecule has 0 radical (unpaired) electrons. The summed E-state index contributed by atoms with van der Waals surface area (Å²) in [5.41, 5.74) is 8.70. The molecule has 0 aliphatic rings. The second-order valence-electron chi connectivity index (χ2n) is 3.91. The standard InChI is InChI=1S/C14H14N4O2/c15-14(19)18-17-9-11-4-6-13(7-5-11)20-10-12-3-1-2-8-16-12/h1-9H,10H2,(H3,15,18,19). The Morgan fingerprint density at radius 2 is 2.10 bits per heavy atom. The van der Waals surface area contributed by atoms with E-state index in [1.54, 1.807) is 6.20 Å². The Hall–Kier alpha value is -2.89. The molecular weight excluding hydrogens is 256 g/mol. The van der Waals surface area contributed by atoms with Crippen molar-refractivity contribution in [3.05, 3.63) is 59.9 Å². The zero-order valence-electron chi connectivity index (χ0n) is 10.7. The number of primary amides is 1. The first-order valence-electron chi connectivity index (χ1n) is 5.95. The number of aromatic nitrogens is 1. The molecule has 2 amide bonds. The molecule has 102 valence electrons. The summed E-state index contributed by atoms with van der Waals surface area (Å²) < 4.78 is 5.59. The van der Waals surface area contributed by atoms with E-state index >= 15 is 0 Å². The lowest BCUT2D eigenvalue weighted by Gasteiger charge is -2.05. The van der Waals surface area contributed by atoms with E-state index in [1.807, 2.05) is 42.5 Å². The molecule has 20 heavy (non-hydrogen) atoms. The van der Waals surface area contributed by atoms with Gasteiger partial charge in [0, 0.05) is 6.20 Å². The number of nitrogens with one attached hydrogen (secondary N) is 1. The number of rotatable bonds is 5. The van der Waals surface area contributed by atoms with Crippen LogP contribution < -0.4 is 15.9 Å². The molecule has 6 nitrogen and oxygen atoms in total. The van der Waals surface area contributed by atoms with Crippen LogP contribution in [0.2, 0.25) is 0 Å². The number of amides is 2. The highest BCUT2D eigenvalue weighted by Gasteiger charge is 1.96. The fraction of sp³-hybridized carbons (Fsp3) is 0.0714. The van der Waals surface area contributed by atoms with Gasteiger partial charge in [-0.25, -0.2) is 10.2 Å². The average Bonchev–Trinajstić information content (AvgIpc) is 2.47. The van der Waals surface area contributed by atoms with E-state index in [0.29, 0.717) is 6.61 Å². The quantitative estimate of drug-likeness (QED) is 0.639. The summed E-state index contributed by atoms with van der Waals surface area (Å²) in [4.78, 5) is 14.6. The van der Waals surface area contributed by atoms with Crippen molar-refractivity contribution in [3.8, 4) is 5.75 Å². The van der Waals surface area contributed by atoms with Gasteiger partial charge < -0.3 is 10.5 Å². The second kappa shape index (κ2) is 6.89. The summed E-state index contributed by atoms with van der Waals surface area (Å²) in [7, 11) is 0. The fourth-order valence-electron chi connectivity index (χ4n) is 1.46. The van der Waals surface area contributed by atoms with Crippen LogP contribution in [0.25, 0.3) is 0 Å². The first kappa shape index (κ1) is 13.5. The molecule has 2 rings (SSSR count). The van der Waals surface area contributed by atoms with E-state index in [0.717, 1.165) is 17.0 Å². The Bertz CT molecular complexity index is 582. The van der Waals surface area contributed by atoms with E-state index in [2.05, 4.69) is 15.5 Å². The van der Waals surface area contributed by atoms with Crippen LogP contribution in [0.4, 0.5) is 4.79 Å². The normalized spacial score (nSPS) is 10.4. The Kier molecular flexibility index (Phi) is 4.66. The Morgan fingerprint density at radius 1 is 1.30 bits per heavy atom. The van der Waals surface area contributed by atoms with Gasteiger partial charge in [-0.1, -0.05) is 6.07 Å². The van der Waals surface area contributed by atoms with Crippen LogP contribution in [0.5, 0.6) is 5.75 Å². The minimum absolute atomic E-state index is 0.414. The third-order valence-electron chi connectivity index (χ3n) is 2.38. The topological polar surface area (TPSA) is 89.6 Å². The van der Waals surface area contributed by atoms with Gasteiger partial charge in [0.2, 0.25) is 0 Å². The third kappa shape index (κ3) is 4.41. The number of benzene rings is 1. The van der Waals surface area contributed by atoms with E-state index in [9.17, 15) is 4.79 Å². The van der Waals surface area contributed by atoms with E-state index < -0.39 is 6.03 Å². The zero-order chi connectivity index (χ0) is 14.2. The molecule has 2 aromatic rings. The van der Waals surface area contributed by atoms with Crippen molar-refractivity contribution in [1.29, 1.82) is 0 Å². The van der Waals surface area contributed by atoms with E-state index in [-0.39, 0.29) is 0 Å². The molecule has 0 spiro atoms. The molecule has 1 aromatic carbocycles. The Morgan fingerprint density at radius 3 is 2.75 bits per heavy atom. The molecule has 0 bridgehead atoms. The van der Waals surface area contributed by atoms with Crippen LogP contribution >= 0.6 is 0 Å². The molecule has 1 aromatic heterocycles. The summed E-state index contributed by atoms with van der Waals surface area (Å²) in [6.07, 6.45) is 3.22. The largest absolute Gasteiger partial charge is 0.487 e. The van der Waals surface area contributed by atoms with Gasteiger partial charge >= 0.3 is 6.03 Å². The van der Waals surface area contributed by atoms with Crippen LogP contribution in [0.15, 0.2) is 53.8 Å². The summed E-state index contributed by atoms with van der Waals surface area (Å²) in [6, 6.07) is 12.2. The van der Waals surface area contributed by atoms with Gasteiger partial charge in [-0.15, -0.1) is 0 Å². The van der Waals surface area contributed by atoms with Crippen molar-refractivity contribution in [3.63, 3.8) is 0 Å². The number of nitrogens with two attached hydrogens (primary N) is 1. The number of pyridine rings is 1. The van der Waals surface area contributed by atoms with Crippen LogP contribution in [0.3, 0.4) is 0 Å². The van der Waals surface area contributed by atoms with Crippen LogP contribution in [0.1, 0.15) is 11.3 Å². The monoisotopic (exact) mass is 270 g/mol. The van der Waals surface area contributed by atoms with Gasteiger partial charge in [0.15, 0.2) is 0 Å². The predicted molar refractivity (Wildman–Crippen MR) is 75.3 cm³/mol. The number of carbonyl (C=O) groups is 1. The lowest BCUT2D eigenvalue weighted by Crippen LogP contribution is -2.24. The highest BCUT2D eigenvalue weighted by Crippen LogP contribution is 2.12. The van der Waals surface area contributed by atoms with E-state index in [4.69, 9.17) is 10.5 Å². The molecule has 3 N–H and O–H groups in total. The SMILES string of the molecule is NC(=O)NN=Cc1ccc(OCc2ccccn2)cc1. The summed E-state index contributed by atoms with van der Waals surface area (Å²) in [6.45, 7) is 0.414. The Balaban J connectivity index is 1.88. The number of hydrogen-bond acceptors (Lipinski definition) is 4. The summed E-state index contributed by atoms with van der Waals surface area (Å²) in [5, 5.41) is 3.66. The molecule has 0 unspecified atom stereocenters. The molecule has 0 atom stereocenters. The first-order valence-corrected chi connectivity index (χ1v) is 5.95. The van der Waals surface area contributed by atoms with Gasteiger partial charge in [-0.2, -0.15) is 5.10 Å². The van der Waals surface area contributed by atoms with Crippen LogP contribution in [-0.4, -0.2) is 17.2 Å². The number of nitrogens with zero attached hydrogens (tertiary/aromatic N) is 2. The van der Waals surface area contributed by atoms with Crippen molar-refractivity contribution >= 4 is 12.2 Å². The number of carbonyl (C=O) groups excluding carboxylic acids is 1. The van der Waals surface area contributed by atoms with Crippen LogP contribution in [-0.2, 0) is 6.61 Å². The predicted octanol–water partition coefficient (Wildman–Crippen LogP) is 1.66. The maximum atomic E-state index is 10.4. The minimum atomic E-state index is -0.698. The smallest absolute Gasteiger partial charge is 0.332 e. The lowest BCUT2D eigenvalue weighted by molar-refractivity contribution is 0.249. The fourth-order valence-corrected chi connectivity index (χ4v) is 1.46.